The van der Waals surface area contributed by atoms with Crippen molar-refractivity contribution in [3.05, 3.63) is 34.1 Å². The van der Waals surface area contributed by atoms with Crippen LogP contribution in [0.5, 0.6) is 5.75 Å². The van der Waals surface area contributed by atoms with Gasteiger partial charge in [0.1, 0.15) is 22.8 Å². The van der Waals surface area contributed by atoms with Crippen LogP contribution in [0.3, 0.4) is 0 Å². The highest BCUT2D eigenvalue weighted by Crippen LogP contribution is 2.31. The van der Waals surface area contributed by atoms with Crippen molar-refractivity contribution in [2.24, 2.45) is 0 Å². The summed E-state index contributed by atoms with van der Waals surface area (Å²) in [5.41, 5.74) is 0.798. The zero-order valence-corrected chi connectivity index (χ0v) is 10.3. The van der Waals surface area contributed by atoms with Gasteiger partial charge < -0.3 is 9.72 Å². The van der Waals surface area contributed by atoms with Crippen molar-refractivity contribution in [1.29, 1.82) is 5.26 Å². The third kappa shape index (κ3) is 2.21. The predicted octanol–water partition coefficient (Wildman–Crippen LogP) is 3.26. The summed E-state index contributed by atoms with van der Waals surface area (Å²) < 4.78 is 5.19. The van der Waals surface area contributed by atoms with E-state index in [9.17, 15) is 0 Å². The molecule has 1 aromatic carbocycles. The lowest BCUT2D eigenvalue weighted by molar-refractivity contribution is 0.416. The molecular formula is C11H7Cl2N3O. The zero-order valence-electron chi connectivity index (χ0n) is 8.79. The maximum atomic E-state index is 8.79. The monoisotopic (exact) mass is 267 g/mol. The number of nitrogens with one attached hydrogen (secondary N) is 1. The van der Waals surface area contributed by atoms with Crippen LogP contribution in [0.4, 0.5) is 0 Å². The zero-order chi connectivity index (χ0) is 12.4. The maximum Gasteiger partial charge on any atom is 0.178 e. The number of nitriles is 1. The summed E-state index contributed by atoms with van der Waals surface area (Å²) in [5, 5.41) is 9.53. The number of aromatic nitrogens is 2. The summed E-state index contributed by atoms with van der Waals surface area (Å²) in [6.07, 6.45) is 0. The van der Waals surface area contributed by atoms with Crippen LogP contribution in [-0.2, 0) is 0 Å². The Labute approximate surface area is 108 Å². The van der Waals surface area contributed by atoms with E-state index in [-0.39, 0.29) is 10.8 Å². The average Bonchev–Trinajstić information content (AvgIpc) is 2.70. The lowest BCUT2D eigenvalue weighted by Gasteiger charge is -2.05. The van der Waals surface area contributed by atoms with Gasteiger partial charge >= 0.3 is 0 Å². The number of H-pyrrole nitrogens is 1. The third-order valence-corrected chi connectivity index (χ3v) is 2.69. The lowest BCUT2D eigenvalue weighted by Crippen LogP contribution is -1.89. The van der Waals surface area contributed by atoms with E-state index in [0.29, 0.717) is 22.2 Å². The molecule has 2 aromatic rings. The number of halogens is 2. The third-order valence-electron chi connectivity index (χ3n) is 2.18. The van der Waals surface area contributed by atoms with Crippen LogP contribution in [0.15, 0.2) is 18.2 Å². The van der Waals surface area contributed by atoms with E-state index in [0.717, 1.165) is 0 Å². The number of hydrogen-bond donors (Lipinski definition) is 1. The minimum Gasteiger partial charge on any atom is -0.496 e. The quantitative estimate of drug-likeness (QED) is 0.909. The van der Waals surface area contributed by atoms with Gasteiger partial charge in [0, 0.05) is 5.02 Å². The van der Waals surface area contributed by atoms with Crippen LogP contribution in [-0.4, -0.2) is 17.1 Å². The number of nitrogens with zero attached hydrogens (tertiary/aromatic N) is 2. The van der Waals surface area contributed by atoms with Gasteiger partial charge in [0.2, 0.25) is 0 Å². The predicted molar refractivity (Wildman–Crippen MR) is 65.3 cm³/mol. The van der Waals surface area contributed by atoms with Gasteiger partial charge in [-0.2, -0.15) is 5.26 Å². The van der Waals surface area contributed by atoms with Crippen molar-refractivity contribution in [3.8, 4) is 23.2 Å². The van der Waals surface area contributed by atoms with E-state index in [1.54, 1.807) is 25.3 Å². The molecule has 2 rings (SSSR count). The normalized spacial score (nSPS) is 10.0. The fourth-order valence-corrected chi connectivity index (χ4v) is 1.77. The van der Waals surface area contributed by atoms with Crippen LogP contribution in [0.2, 0.25) is 10.2 Å². The molecular weight excluding hydrogens is 261 g/mol. The highest BCUT2D eigenvalue weighted by molar-refractivity contribution is 6.31. The highest BCUT2D eigenvalue weighted by atomic mass is 35.5. The summed E-state index contributed by atoms with van der Waals surface area (Å²) in [6.45, 7) is 0. The van der Waals surface area contributed by atoms with E-state index in [1.165, 1.54) is 0 Å². The van der Waals surface area contributed by atoms with Gasteiger partial charge in [-0.25, -0.2) is 4.98 Å². The van der Waals surface area contributed by atoms with Gasteiger partial charge in [-0.15, -0.1) is 0 Å². The van der Waals surface area contributed by atoms with Crippen molar-refractivity contribution in [2.45, 2.75) is 0 Å². The molecule has 0 unspecified atom stereocenters. The van der Waals surface area contributed by atoms with E-state index in [2.05, 4.69) is 9.97 Å². The molecule has 86 valence electrons. The standard InChI is InChI=1S/C11H7Cl2N3O/c1-17-9-3-2-6(12)4-7(9)11-15-8(5-14)10(13)16-11/h2-4H,1H3,(H,15,16). The van der Waals surface area contributed by atoms with Crippen LogP contribution >= 0.6 is 23.2 Å². The van der Waals surface area contributed by atoms with Crippen molar-refractivity contribution < 1.29 is 4.74 Å². The smallest absolute Gasteiger partial charge is 0.178 e. The van der Waals surface area contributed by atoms with Crippen molar-refractivity contribution in [1.82, 2.24) is 9.97 Å². The van der Waals surface area contributed by atoms with E-state index in [4.69, 9.17) is 33.2 Å². The fourth-order valence-electron chi connectivity index (χ4n) is 1.42. The molecule has 1 aromatic heterocycles. The maximum absolute atomic E-state index is 8.79. The summed E-state index contributed by atoms with van der Waals surface area (Å²) in [7, 11) is 1.54. The van der Waals surface area contributed by atoms with Crippen LogP contribution in [0, 0.1) is 11.3 Å². The summed E-state index contributed by atoms with van der Waals surface area (Å²) in [6, 6.07) is 7.01. The molecule has 0 amide bonds. The molecule has 17 heavy (non-hydrogen) atoms. The Kier molecular flexibility index (Phi) is 3.23. The van der Waals surface area contributed by atoms with Crippen molar-refractivity contribution >= 4 is 23.2 Å². The molecule has 0 aliphatic carbocycles. The molecule has 1 heterocycles. The molecule has 0 saturated carbocycles. The number of aromatic amines is 1. The molecule has 0 radical (unpaired) electrons. The van der Waals surface area contributed by atoms with Gasteiger partial charge in [0.15, 0.2) is 5.69 Å². The first-order valence-electron chi connectivity index (χ1n) is 4.65. The Hall–Kier alpha value is -1.70. The number of methoxy groups -OCH3 is 1. The first-order valence-corrected chi connectivity index (χ1v) is 5.41. The molecule has 0 atom stereocenters. The summed E-state index contributed by atoms with van der Waals surface area (Å²) in [4.78, 5) is 6.87. The minimum absolute atomic E-state index is 0.142. The van der Waals surface area contributed by atoms with E-state index >= 15 is 0 Å². The van der Waals surface area contributed by atoms with E-state index in [1.807, 2.05) is 6.07 Å². The molecule has 0 fully saturated rings. The molecule has 0 aliphatic heterocycles. The molecule has 0 saturated heterocycles. The van der Waals surface area contributed by atoms with Crippen LogP contribution in [0.1, 0.15) is 5.69 Å². The Bertz CT molecular complexity index is 601. The largest absolute Gasteiger partial charge is 0.496 e. The first kappa shape index (κ1) is 11.8. The van der Waals surface area contributed by atoms with Crippen molar-refractivity contribution in [3.63, 3.8) is 0 Å². The second kappa shape index (κ2) is 4.66. The van der Waals surface area contributed by atoms with Gasteiger partial charge in [0.05, 0.1) is 12.7 Å². The van der Waals surface area contributed by atoms with Crippen LogP contribution in [0.25, 0.3) is 11.4 Å². The minimum atomic E-state index is 0.142. The Morgan fingerprint density at radius 2 is 2.18 bits per heavy atom. The topological polar surface area (TPSA) is 61.7 Å². The lowest BCUT2D eigenvalue weighted by atomic mass is 10.2. The SMILES string of the molecule is COc1ccc(Cl)cc1-c1nc(C#N)c(Cl)[nH]1. The number of imidazole rings is 1. The van der Waals surface area contributed by atoms with Gasteiger partial charge in [-0.1, -0.05) is 23.2 Å². The van der Waals surface area contributed by atoms with Gasteiger partial charge in [0.25, 0.3) is 0 Å². The second-order valence-corrected chi connectivity index (χ2v) is 4.02. The molecule has 1 N–H and O–H groups in total. The number of ether oxygens (including phenoxy) is 1. The summed E-state index contributed by atoms with van der Waals surface area (Å²) in [5.74, 6) is 1.05. The molecule has 0 bridgehead atoms. The number of benzene rings is 1. The Morgan fingerprint density at radius 1 is 1.41 bits per heavy atom. The number of hydrogen-bond acceptors (Lipinski definition) is 3. The average molecular weight is 268 g/mol. The van der Waals surface area contributed by atoms with Crippen molar-refractivity contribution in [2.75, 3.05) is 7.11 Å². The van der Waals surface area contributed by atoms with Gasteiger partial charge in [-0.3, -0.25) is 0 Å². The molecule has 0 spiro atoms. The Morgan fingerprint density at radius 3 is 2.76 bits per heavy atom. The summed E-state index contributed by atoms with van der Waals surface area (Å²) >= 11 is 11.7. The second-order valence-electron chi connectivity index (χ2n) is 3.20. The fraction of sp³-hybridized carbons (Fsp3) is 0.0909. The molecule has 4 nitrogen and oxygen atoms in total. The first-order chi connectivity index (χ1) is 8.15. The molecule has 0 aliphatic rings. The van der Waals surface area contributed by atoms with Gasteiger partial charge in [-0.05, 0) is 18.2 Å². The van der Waals surface area contributed by atoms with Crippen LogP contribution < -0.4 is 4.74 Å². The number of rotatable bonds is 2. The Balaban J connectivity index is 2.59. The molecule has 6 heteroatoms. The highest BCUT2D eigenvalue weighted by Gasteiger charge is 2.13. The van der Waals surface area contributed by atoms with E-state index < -0.39 is 0 Å².